The van der Waals surface area contributed by atoms with Crippen LogP contribution in [-0.4, -0.2) is 23.6 Å². The third-order valence-corrected chi connectivity index (χ3v) is 2.97. The van der Waals surface area contributed by atoms with Gasteiger partial charge >= 0.3 is 0 Å². The van der Waals surface area contributed by atoms with Gasteiger partial charge in [0.05, 0.1) is 12.8 Å². The number of rotatable bonds is 3. The highest BCUT2D eigenvalue weighted by Crippen LogP contribution is 2.28. The quantitative estimate of drug-likeness (QED) is 0.833. The number of carbonyl (C=O) groups excluding carboxylic acids is 2. The number of thioether (sulfide) groups is 1. The number of anilines is 1. The van der Waals surface area contributed by atoms with Gasteiger partial charge in [0.25, 0.3) is 11.1 Å². The molecule has 0 aromatic heterocycles. The van der Waals surface area contributed by atoms with E-state index in [9.17, 15) is 9.59 Å². The van der Waals surface area contributed by atoms with E-state index in [0.717, 1.165) is 11.8 Å². The van der Waals surface area contributed by atoms with Crippen LogP contribution in [0.15, 0.2) is 24.3 Å². The Morgan fingerprint density at radius 2 is 2.12 bits per heavy atom. The largest absolute Gasteiger partial charge is 0.495 e. The predicted octanol–water partition coefficient (Wildman–Crippen LogP) is 1.42. The van der Waals surface area contributed by atoms with Crippen LogP contribution in [0.5, 0.6) is 5.75 Å². The van der Waals surface area contributed by atoms with Crippen LogP contribution in [0.25, 0.3) is 0 Å². The van der Waals surface area contributed by atoms with Gasteiger partial charge in [-0.1, -0.05) is 12.1 Å². The minimum Gasteiger partial charge on any atom is -0.495 e. The minimum absolute atomic E-state index is 0.332. The van der Waals surface area contributed by atoms with Crippen LogP contribution in [0.3, 0.4) is 0 Å². The average molecular weight is 238 g/mol. The smallest absolute Gasteiger partial charge is 0.288 e. The molecule has 16 heavy (non-hydrogen) atoms. The molecule has 84 valence electrons. The fraction of sp³-hybridized carbons (Fsp3) is 0.200. The second-order valence-electron chi connectivity index (χ2n) is 3.12. The lowest BCUT2D eigenvalue weighted by atomic mass is 10.3. The van der Waals surface area contributed by atoms with Gasteiger partial charge in [0.15, 0.2) is 5.37 Å². The molecule has 1 fully saturated rings. The first kappa shape index (κ1) is 10.8. The van der Waals surface area contributed by atoms with E-state index in [4.69, 9.17) is 4.74 Å². The molecule has 1 heterocycles. The molecular weight excluding hydrogens is 228 g/mol. The zero-order valence-electron chi connectivity index (χ0n) is 8.52. The second-order valence-corrected chi connectivity index (χ2v) is 4.20. The fourth-order valence-corrected chi connectivity index (χ4v) is 2.08. The van der Waals surface area contributed by atoms with E-state index in [-0.39, 0.29) is 11.1 Å². The highest BCUT2D eigenvalue weighted by molar-refractivity contribution is 8.15. The number of carbonyl (C=O) groups is 2. The van der Waals surface area contributed by atoms with Gasteiger partial charge in [-0.2, -0.15) is 0 Å². The van der Waals surface area contributed by atoms with Crippen molar-refractivity contribution < 1.29 is 14.3 Å². The summed E-state index contributed by atoms with van der Waals surface area (Å²) in [6.07, 6.45) is 0. The molecule has 0 saturated carbocycles. The molecule has 2 rings (SSSR count). The number of benzene rings is 1. The third-order valence-electron chi connectivity index (χ3n) is 2.08. The van der Waals surface area contributed by atoms with Crippen LogP contribution in [0.2, 0.25) is 0 Å². The lowest BCUT2D eigenvalue weighted by Gasteiger charge is -2.13. The Morgan fingerprint density at radius 3 is 2.75 bits per heavy atom. The van der Waals surface area contributed by atoms with Crippen molar-refractivity contribution in [2.75, 3.05) is 12.4 Å². The summed E-state index contributed by atoms with van der Waals surface area (Å²) in [6, 6.07) is 7.22. The Bertz CT molecular complexity index is 436. The van der Waals surface area contributed by atoms with Gasteiger partial charge in [0, 0.05) is 0 Å². The molecule has 1 aliphatic rings. The van der Waals surface area contributed by atoms with Crippen LogP contribution in [0.1, 0.15) is 0 Å². The van der Waals surface area contributed by atoms with E-state index >= 15 is 0 Å². The van der Waals surface area contributed by atoms with Gasteiger partial charge in [-0.25, -0.2) is 0 Å². The number of ether oxygens (including phenoxy) is 1. The molecular formula is C10H10N2O3S. The van der Waals surface area contributed by atoms with E-state index in [2.05, 4.69) is 10.6 Å². The Labute approximate surface area is 96.5 Å². The van der Waals surface area contributed by atoms with E-state index in [0.29, 0.717) is 11.4 Å². The normalized spacial score (nSPS) is 19.4. The molecule has 1 aromatic carbocycles. The fourth-order valence-electron chi connectivity index (χ4n) is 1.36. The number of hydrogen-bond acceptors (Lipinski definition) is 5. The summed E-state index contributed by atoms with van der Waals surface area (Å²) in [4.78, 5) is 22.3. The molecule has 1 saturated heterocycles. The van der Waals surface area contributed by atoms with Crippen LogP contribution in [-0.2, 0) is 4.79 Å². The number of imide groups is 1. The van der Waals surface area contributed by atoms with Gasteiger partial charge in [-0.3, -0.25) is 14.9 Å². The molecule has 0 aliphatic carbocycles. The Kier molecular flexibility index (Phi) is 3.00. The van der Waals surface area contributed by atoms with Crippen molar-refractivity contribution in [3.05, 3.63) is 24.3 Å². The predicted molar refractivity (Wildman–Crippen MR) is 61.5 cm³/mol. The highest BCUT2D eigenvalue weighted by Gasteiger charge is 2.31. The molecule has 0 bridgehead atoms. The molecule has 0 radical (unpaired) electrons. The minimum atomic E-state index is -0.594. The van der Waals surface area contributed by atoms with Gasteiger partial charge in [-0.05, 0) is 23.9 Å². The number of methoxy groups -OCH3 is 1. The maximum absolute atomic E-state index is 11.3. The third kappa shape index (κ3) is 2.11. The topological polar surface area (TPSA) is 67.4 Å². The maximum atomic E-state index is 11.3. The zero-order chi connectivity index (χ0) is 11.5. The van der Waals surface area contributed by atoms with E-state index in [1.165, 1.54) is 0 Å². The Morgan fingerprint density at radius 1 is 1.38 bits per heavy atom. The number of nitrogens with one attached hydrogen (secondary N) is 2. The van der Waals surface area contributed by atoms with E-state index < -0.39 is 5.37 Å². The van der Waals surface area contributed by atoms with Gasteiger partial charge in [0.2, 0.25) is 0 Å². The number of hydrogen-bond donors (Lipinski definition) is 2. The van der Waals surface area contributed by atoms with Gasteiger partial charge in [-0.15, -0.1) is 0 Å². The van der Waals surface area contributed by atoms with Crippen molar-refractivity contribution in [1.29, 1.82) is 0 Å². The first-order valence-corrected chi connectivity index (χ1v) is 5.49. The van der Waals surface area contributed by atoms with Gasteiger partial charge < -0.3 is 10.1 Å². The van der Waals surface area contributed by atoms with Gasteiger partial charge in [0.1, 0.15) is 5.75 Å². The molecule has 0 unspecified atom stereocenters. The average Bonchev–Trinajstić information content (AvgIpc) is 2.58. The standard InChI is InChI=1S/C10H10N2O3S/c1-15-7-5-3-2-4-6(7)11-9-8(13)12-10(14)16-9/h2-5,9,11H,1H3,(H,12,13,14)/t9-/m0/s1. The van der Waals surface area contributed by atoms with Crippen LogP contribution >= 0.6 is 11.8 Å². The van der Waals surface area contributed by atoms with Crippen molar-refractivity contribution in [3.63, 3.8) is 0 Å². The molecule has 2 amide bonds. The SMILES string of the molecule is COc1ccccc1N[C@H]1SC(=O)NC1=O. The summed E-state index contributed by atoms with van der Waals surface area (Å²) in [5, 5.41) is 4.22. The van der Waals surface area contributed by atoms with Crippen molar-refractivity contribution in [2.24, 2.45) is 0 Å². The monoisotopic (exact) mass is 238 g/mol. The summed E-state index contributed by atoms with van der Waals surface area (Å²) in [5.41, 5.74) is 0.687. The first-order valence-electron chi connectivity index (χ1n) is 4.62. The molecule has 1 aliphatic heterocycles. The second kappa shape index (κ2) is 4.44. The Balaban J connectivity index is 2.14. The first-order chi connectivity index (χ1) is 7.70. The summed E-state index contributed by atoms with van der Waals surface area (Å²) in [5.74, 6) is 0.302. The van der Waals surface area contributed by atoms with Crippen molar-refractivity contribution in [3.8, 4) is 5.75 Å². The molecule has 5 nitrogen and oxygen atoms in total. The summed E-state index contributed by atoms with van der Waals surface area (Å²) in [6.45, 7) is 0. The Hall–Kier alpha value is -1.69. The lowest BCUT2D eigenvalue weighted by molar-refractivity contribution is -0.118. The van der Waals surface area contributed by atoms with Crippen LogP contribution in [0, 0.1) is 0 Å². The molecule has 2 N–H and O–H groups in total. The van der Waals surface area contributed by atoms with E-state index in [1.54, 1.807) is 19.2 Å². The van der Waals surface area contributed by atoms with Crippen LogP contribution in [0.4, 0.5) is 10.5 Å². The van der Waals surface area contributed by atoms with Crippen LogP contribution < -0.4 is 15.4 Å². The number of para-hydroxylation sites is 2. The highest BCUT2D eigenvalue weighted by atomic mass is 32.2. The van der Waals surface area contributed by atoms with E-state index in [1.807, 2.05) is 12.1 Å². The molecule has 0 spiro atoms. The molecule has 6 heteroatoms. The summed E-state index contributed by atoms with van der Waals surface area (Å²) >= 11 is 0.921. The zero-order valence-corrected chi connectivity index (χ0v) is 9.34. The van der Waals surface area contributed by atoms with Crippen molar-refractivity contribution in [2.45, 2.75) is 5.37 Å². The molecule has 1 aromatic rings. The summed E-state index contributed by atoms with van der Waals surface area (Å²) in [7, 11) is 1.55. The van der Waals surface area contributed by atoms with Crippen molar-refractivity contribution in [1.82, 2.24) is 5.32 Å². The lowest BCUT2D eigenvalue weighted by Crippen LogP contribution is -2.29. The van der Waals surface area contributed by atoms with Crippen molar-refractivity contribution >= 4 is 28.6 Å². The number of amides is 2. The molecule has 1 atom stereocenters. The maximum Gasteiger partial charge on any atom is 0.288 e. The summed E-state index contributed by atoms with van der Waals surface area (Å²) < 4.78 is 5.13.